The second-order valence-corrected chi connectivity index (χ2v) is 3.36. The number of nitrogens with two attached hydrogens (primary N) is 1. The maximum absolute atomic E-state index is 10.9. The average Bonchev–Trinajstić information content (AvgIpc) is 2.40. The Morgan fingerprint density at radius 2 is 2.55 bits per heavy atom. The van der Waals surface area contributed by atoms with Gasteiger partial charge in [-0.25, -0.2) is 0 Å². The lowest BCUT2D eigenvalue weighted by molar-refractivity contribution is -0.119. The van der Waals surface area contributed by atoms with Gasteiger partial charge in [0.05, 0.1) is 5.92 Å². The lowest BCUT2D eigenvalue weighted by Crippen LogP contribution is -2.19. The van der Waals surface area contributed by atoms with Gasteiger partial charge < -0.3 is 5.73 Å². The Morgan fingerprint density at radius 3 is 2.91 bits per heavy atom. The topological polar surface area (TPSA) is 43.1 Å². The molecule has 1 atom stereocenters. The molecule has 0 bridgehead atoms. The molecule has 0 aliphatic rings. The Bertz CT molecular complexity index is 230. The van der Waals surface area contributed by atoms with Crippen molar-refractivity contribution in [1.82, 2.24) is 0 Å². The van der Waals surface area contributed by atoms with Crippen LogP contribution in [0.4, 0.5) is 0 Å². The molecule has 2 N–H and O–H groups in total. The van der Waals surface area contributed by atoms with E-state index in [0.717, 1.165) is 11.3 Å². The van der Waals surface area contributed by atoms with Gasteiger partial charge in [-0.1, -0.05) is 13.0 Å². The average molecular weight is 169 g/mol. The van der Waals surface area contributed by atoms with Crippen molar-refractivity contribution in [2.45, 2.75) is 19.3 Å². The summed E-state index contributed by atoms with van der Waals surface area (Å²) in [5, 5.41) is 1.96. The summed E-state index contributed by atoms with van der Waals surface area (Å²) in [5.41, 5.74) is 5.21. The van der Waals surface area contributed by atoms with Crippen molar-refractivity contribution in [3.63, 3.8) is 0 Å². The van der Waals surface area contributed by atoms with Crippen molar-refractivity contribution >= 4 is 17.2 Å². The van der Waals surface area contributed by atoms with E-state index >= 15 is 0 Å². The second kappa shape index (κ2) is 3.53. The van der Waals surface area contributed by atoms with E-state index in [0.29, 0.717) is 0 Å². The lowest BCUT2D eigenvalue weighted by Gasteiger charge is -2.06. The first-order chi connectivity index (χ1) is 5.25. The van der Waals surface area contributed by atoms with E-state index in [-0.39, 0.29) is 11.8 Å². The van der Waals surface area contributed by atoms with Crippen molar-refractivity contribution in [3.05, 3.63) is 22.4 Å². The van der Waals surface area contributed by atoms with E-state index < -0.39 is 0 Å². The fourth-order valence-electron chi connectivity index (χ4n) is 1.03. The van der Waals surface area contributed by atoms with Crippen LogP contribution in [0.5, 0.6) is 0 Å². The molecule has 2 nitrogen and oxygen atoms in total. The summed E-state index contributed by atoms with van der Waals surface area (Å²) < 4.78 is 0. The molecule has 0 radical (unpaired) electrons. The van der Waals surface area contributed by atoms with Crippen molar-refractivity contribution in [2.75, 3.05) is 0 Å². The number of rotatable bonds is 3. The molecule has 0 aliphatic heterocycles. The van der Waals surface area contributed by atoms with Crippen molar-refractivity contribution < 1.29 is 4.79 Å². The minimum Gasteiger partial charge on any atom is -0.369 e. The summed E-state index contributed by atoms with van der Waals surface area (Å²) in [6.45, 7) is 1.97. The third-order valence-electron chi connectivity index (χ3n) is 1.64. The molecule has 0 unspecified atom stereocenters. The highest BCUT2D eigenvalue weighted by atomic mass is 32.1. The Morgan fingerprint density at radius 1 is 1.82 bits per heavy atom. The van der Waals surface area contributed by atoms with Crippen LogP contribution in [-0.4, -0.2) is 5.91 Å². The van der Waals surface area contributed by atoms with E-state index in [1.165, 1.54) is 0 Å². The van der Waals surface area contributed by atoms with E-state index in [1.807, 2.05) is 24.4 Å². The molecule has 0 spiro atoms. The first kappa shape index (κ1) is 8.27. The molecule has 0 saturated carbocycles. The standard InChI is InChI=1S/C8H11NOS/c1-2-6(8(9)10)7-4-3-5-11-7/h3-6H,2H2,1H3,(H2,9,10)/t6-/m1/s1. The van der Waals surface area contributed by atoms with Crippen LogP contribution in [0.15, 0.2) is 17.5 Å². The summed E-state index contributed by atoms with van der Waals surface area (Å²) in [5.74, 6) is -0.315. The predicted molar refractivity (Wildman–Crippen MR) is 46.5 cm³/mol. The van der Waals surface area contributed by atoms with Gasteiger partial charge in [0.25, 0.3) is 0 Å². The van der Waals surface area contributed by atoms with Crippen LogP contribution in [0.2, 0.25) is 0 Å². The van der Waals surface area contributed by atoms with E-state index in [2.05, 4.69) is 0 Å². The van der Waals surface area contributed by atoms with Crippen LogP contribution in [-0.2, 0) is 4.79 Å². The monoisotopic (exact) mass is 169 g/mol. The van der Waals surface area contributed by atoms with Crippen LogP contribution < -0.4 is 5.73 Å². The summed E-state index contributed by atoms with van der Waals surface area (Å²) in [4.78, 5) is 11.9. The fourth-order valence-corrected chi connectivity index (χ4v) is 1.95. The van der Waals surface area contributed by atoms with Gasteiger partial charge in [0.15, 0.2) is 0 Å². The number of carbonyl (C=O) groups excluding carboxylic acids is 1. The molecule has 60 valence electrons. The van der Waals surface area contributed by atoms with E-state index in [4.69, 9.17) is 5.73 Å². The predicted octanol–water partition coefficient (Wildman–Crippen LogP) is 1.73. The van der Waals surface area contributed by atoms with Gasteiger partial charge in [-0.15, -0.1) is 11.3 Å². The lowest BCUT2D eigenvalue weighted by atomic mass is 10.0. The molecule has 3 heteroatoms. The van der Waals surface area contributed by atoms with Gasteiger partial charge in [-0.05, 0) is 17.9 Å². The summed E-state index contributed by atoms with van der Waals surface area (Å²) in [7, 11) is 0. The van der Waals surface area contributed by atoms with Gasteiger partial charge >= 0.3 is 0 Å². The quantitative estimate of drug-likeness (QED) is 0.735. The third kappa shape index (κ3) is 1.80. The van der Waals surface area contributed by atoms with Crippen molar-refractivity contribution in [1.29, 1.82) is 0 Å². The normalized spacial score (nSPS) is 12.8. The summed E-state index contributed by atoms with van der Waals surface area (Å²) in [6.07, 6.45) is 0.788. The highest BCUT2D eigenvalue weighted by Gasteiger charge is 2.15. The van der Waals surface area contributed by atoms with Crippen LogP contribution in [0.25, 0.3) is 0 Å². The van der Waals surface area contributed by atoms with E-state index in [1.54, 1.807) is 11.3 Å². The SMILES string of the molecule is CC[C@@H](C(N)=O)c1cccs1. The minimum absolute atomic E-state index is 0.0880. The number of amides is 1. The molecule has 0 fully saturated rings. The Labute approximate surface area is 70.0 Å². The van der Waals surface area contributed by atoms with Crippen LogP contribution >= 0.6 is 11.3 Å². The maximum atomic E-state index is 10.9. The molecule has 1 heterocycles. The van der Waals surface area contributed by atoms with Gasteiger partial charge in [-0.2, -0.15) is 0 Å². The highest BCUT2D eigenvalue weighted by Crippen LogP contribution is 2.23. The van der Waals surface area contributed by atoms with Gasteiger partial charge in [0, 0.05) is 4.88 Å². The minimum atomic E-state index is -0.227. The Balaban J connectivity index is 2.79. The second-order valence-electron chi connectivity index (χ2n) is 2.38. The smallest absolute Gasteiger partial charge is 0.225 e. The van der Waals surface area contributed by atoms with Gasteiger partial charge in [0.1, 0.15) is 0 Å². The number of hydrogen-bond acceptors (Lipinski definition) is 2. The van der Waals surface area contributed by atoms with Crippen LogP contribution in [0.1, 0.15) is 24.1 Å². The molecule has 1 rings (SSSR count). The third-order valence-corrected chi connectivity index (χ3v) is 2.62. The first-order valence-electron chi connectivity index (χ1n) is 3.58. The zero-order chi connectivity index (χ0) is 8.27. The van der Waals surface area contributed by atoms with Crippen LogP contribution in [0.3, 0.4) is 0 Å². The zero-order valence-corrected chi connectivity index (χ0v) is 7.23. The summed E-state index contributed by atoms with van der Waals surface area (Å²) >= 11 is 1.58. The number of carbonyl (C=O) groups is 1. The number of thiophene rings is 1. The molecule has 0 saturated heterocycles. The molecule has 0 aromatic carbocycles. The molecule has 1 aromatic rings. The fraction of sp³-hybridized carbons (Fsp3) is 0.375. The molecular formula is C8H11NOS. The van der Waals surface area contributed by atoms with Crippen LogP contribution in [0, 0.1) is 0 Å². The number of hydrogen-bond donors (Lipinski definition) is 1. The number of primary amides is 1. The maximum Gasteiger partial charge on any atom is 0.225 e. The summed E-state index contributed by atoms with van der Waals surface area (Å²) in [6, 6.07) is 3.88. The first-order valence-corrected chi connectivity index (χ1v) is 4.46. The van der Waals surface area contributed by atoms with E-state index in [9.17, 15) is 4.79 Å². The Kier molecular flexibility index (Phi) is 2.65. The zero-order valence-electron chi connectivity index (χ0n) is 6.41. The van der Waals surface area contributed by atoms with Crippen molar-refractivity contribution in [2.24, 2.45) is 5.73 Å². The Hall–Kier alpha value is -0.830. The molecule has 0 aliphatic carbocycles. The molecular weight excluding hydrogens is 158 g/mol. The van der Waals surface area contributed by atoms with Gasteiger partial charge in [0.2, 0.25) is 5.91 Å². The van der Waals surface area contributed by atoms with Crippen molar-refractivity contribution in [3.8, 4) is 0 Å². The molecule has 1 aromatic heterocycles. The highest BCUT2D eigenvalue weighted by molar-refractivity contribution is 7.10. The van der Waals surface area contributed by atoms with Gasteiger partial charge in [-0.3, -0.25) is 4.79 Å². The molecule has 1 amide bonds. The molecule has 11 heavy (non-hydrogen) atoms. The largest absolute Gasteiger partial charge is 0.369 e.